The van der Waals surface area contributed by atoms with Gasteiger partial charge in [-0.05, 0) is 47.4 Å². The van der Waals surface area contributed by atoms with E-state index in [2.05, 4.69) is 79.9 Å². The van der Waals surface area contributed by atoms with E-state index in [1.54, 1.807) is 0 Å². The molecule has 0 heterocycles. The molecule has 0 aliphatic rings. The van der Waals surface area contributed by atoms with Crippen LogP contribution in [-0.4, -0.2) is 19.8 Å². The van der Waals surface area contributed by atoms with Gasteiger partial charge in [0.15, 0.2) is 0 Å². The summed E-state index contributed by atoms with van der Waals surface area (Å²) in [4.78, 5) is 0. The highest BCUT2D eigenvalue weighted by Crippen LogP contribution is 2.31. The molecule has 0 unspecified atom stereocenters. The SMILES string of the molecule is C=C(/C=C/c1ccc(OCC)c2ccccc12)CC(=C)/C=C/c1ccc(OCCN)c2ccccc12. The lowest BCUT2D eigenvalue weighted by atomic mass is 10.00. The minimum atomic E-state index is 0.489. The third kappa shape index (κ3) is 5.94. The lowest BCUT2D eigenvalue weighted by Gasteiger charge is -2.10. The first-order valence-corrected chi connectivity index (χ1v) is 12.3. The van der Waals surface area contributed by atoms with E-state index >= 15 is 0 Å². The van der Waals surface area contributed by atoms with Crippen LogP contribution in [0.3, 0.4) is 0 Å². The lowest BCUT2D eigenvalue weighted by molar-refractivity contribution is 0.332. The predicted molar refractivity (Wildman–Crippen MR) is 155 cm³/mol. The predicted octanol–water partition coefficient (Wildman–Crippen LogP) is 7.96. The Labute approximate surface area is 213 Å². The number of fused-ring (bicyclic) bond motifs is 2. The Morgan fingerprint density at radius 1 is 0.694 bits per heavy atom. The highest BCUT2D eigenvalue weighted by molar-refractivity contribution is 5.96. The van der Waals surface area contributed by atoms with Gasteiger partial charge in [0.05, 0.1) is 6.61 Å². The van der Waals surface area contributed by atoms with Crippen LogP contribution in [0, 0.1) is 0 Å². The van der Waals surface area contributed by atoms with Crippen LogP contribution < -0.4 is 15.2 Å². The van der Waals surface area contributed by atoms with Crippen LogP contribution >= 0.6 is 0 Å². The maximum absolute atomic E-state index is 5.82. The molecule has 0 aliphatic heterocycles. The van der Waals surface area contributed by atoms with Gasteiger partial charge in [0.25, 0.3) is 0 Å². The molecule has 0 amide bonds. The number of benzene rings is 4. The Bertz CT molecular complexity index is 1450. The molecule has 0 atom stereocenters. The third-order valence-corrected chi connectivity index (χ3v) is 5.96. The second kappa shape index (κ2) is 12.1. The van der Waals surface area contributed by atoms with Gasteiger partial charge in [-0.15, -0.1) is 0 Å². The minimum absolute atomic E-state index is 0.489. The molecule has 0 saturated carbocycles. The zero-order valence-corrected chi connectivity index (χ0v) is 20.9. The van der Waals surface area contributed by atoms with Gasteiger partial charge in [-0.1, -0.05) is 109 Å². The fraction of sp³-hybridized carbons (Fsp3) is 0.152. The maximum atomic E-state index is 5.82. The van der Waals surface area contributed by atoms with Crippen molar-refractivity contribution in [3.63, 3.8) is 0 Å². The van der Waals surface area contributed by atoms with E-state index in [0.717, 1.165) is 55.3 Å². The second-order valence-corrected chi connectivity index (χ2v) is 8.63. The van der Waals surface area contributed by atoms with Crippen molar-refractivity contribution in [2.45, 2.75) is 13.3 Å². The van der Waals surface area contributed by atoms with E-state index in [0.29, 0.717) is 26.2 Å². The summed E-state index contributed by atoms with van der Waals surface area (Å²) in [6.45, 7) is 12.1. The van der Waals surface area contributed by atoms with Crippen LogP contribution in [0.1, 0.15) is 24.5 Å². The Morgan fingerprint density at radius 2 is 1.17 bits per heavy atom. The second-order valence-electron chi connectivity index (χ2n) is 8.63. The summed E-state index contributed by atoms with van der Waals surface area (Å²) in [7, 11) is 0. The summed E-state index contributed by atoms with van der Waals surface area (Å²) in [5, 5.41) is 4.49. The number of rotatable bonds is 11. The molecule has 0 fully saturated rings. The Hall–Kier alpha value is -4.08. The lowest BCUT2D eigenvalue weighted by Crippen LogP contribution is -2.10. The largest absolute Gasteiger partial charge is 0.493 e. The normalized spacial score (nSPS) is 11.5. The molecule has 2 N–H and O–H groups in total. The molecular formula is C33H33NO2. The zero-order valence-electron chi connectivity index (χ0n) is 20.9. The van der Waals surface area contributed by atoms with Crippen LogP contribution in [-0.2, 0) is 0 Å². The van der Waals surface area contributed by atoms with Crippen molar-refractivity contribution >= 4 is 33.7 Å². The van der Waals surface area contributed by atoms with E-state index < -0.39 is 0 Å². The standard InChI is InChI=1S/C33H33NO2/c1-4-35-32-19-17-26(28-9-5-7-11-30(28)32)15-13-24(2)23-25(3)14-16-27-18-20-33(36-22-21-34)31-12-8-6-10-29(27)31/h5-20H,2-4,21-23,34H2,1H3/b15-13+,16-14+. The smallest absolute Gasteiger partial charge is 0.127 e. The van der Waals surface area contributed by atoms with Crippen molar-refractivity contribution in [1.29, 1.82) is 0 Å². The molecular weight excluding hydrogens is 442 g/mol. The highest BCUT2D eigenvalue weighted by atomic mass is 16.5. The average molecular weight is 476 g/mol. The zero-order chi connectivity index (χ0) is 25.3. The van der Waals surface area contributed by atoms with Gasteiger partial charge in [0.2, 0.25) is 0 Å². The van der Waals surface area contributed by atoms with E-state index in [1.807, 2.05) is 37.3 Å². The first kappa shape index (κ1) is 25.0. The monoisotopic (exact) mass is 475 g/mol. The Balaban J connectivity index is 1.46. The van der Waals surface area contributed by atoms with Gasteiger partial charge < -0.3 is 15.2 Å². The highest BCUT2D eigenvalue weighted by Gasteiger charge is 2.06. The van der Waals surface area contributed by atoms with Crippen LogP contribution in [0.5, 0.6) is 11.5 Å². The van der Waals surface area contributed by atoms with Crippen LogP contribution in [0.4, 0.5) is 0 Å². The van der Waals surface area contributed by atoms with E-state index in [9.17, 15) is 0 Å². The van der Waals surface area contributed by atoms with Crippen LogP contribution in [0.25, 0.3) is 33.7 Å². The maximum Gasteiger partial charge on any atom is 0.127 e. The van der Waals surface area contributed by atoms with Crippen molar-refractivity contribution in [3.05, 3.63) is 120 Å². The molecule has 4 rings (SSSR count). The van der Waals surface area contributed by atoms with Crippen LogP contribution in [0.15, 0.2) is 109 Å². The van der Waals surface area contributed by atoms with Gasteiger partial charge >= 0.3 is 0 Å². The van der Waals surface area contributed by atoms with E-state index in [4.69, 9.17) is 15.2 Å². The summed E-state index contributed by atoms with van der Waals surface area (Å²) in [5.74, 6) is 1.77. The summed E-state index contributed by atoms with van der Waals surface area (Å²) in [6.07, 6.45) is 9.05. The summed E-state index contributed by atoms with van der Waals surface area (Å²) >= 11 is 0. The minimum Gasteiger partial charge on any atom is -0.493 e. The fourth-order valence-electron chi connectivity index (χ4n) is 4.28. The van der Waals surface area contributed by atoms with Gasteiger partial charge in [0.1, 0.15) is 18.1 Å². The summed E-state index contributed by atoms with van der Waals surface area (Å²) in [5.41, 5.74) is 9.85. The van der Waals surface area contributed by atoms with Gasteiger partial charge in [-0.3, -0.25) is 0 Å². The number of hydrogen-bond acceptors (Lipinski definition) is 3. The molecule has 3 nitrogen and oxygen atoms in total. The quantitative estimate of drug-likeness (QED) is 0.224. The van der Waals surface area contributed by atoms with Gasteiger partial charge in [-0.25, -0.2) is 0 Å². The number of nitrogens with two attached hydrogens (primary N) is 1. The fourth-order valence-corrected chi connectivity index (χ4v) is 4.28. The molecule has 0 spiro atoms. The number of hydrogen-bond donors (Lipinski definition) is 1. The van der Waals surface area contributed by atoms with Crippen molar-refractivity contribution in [3.8, 4) is 11.5 Å². The summed E-state index contributed by atoms with van der Waals surface area (Å²) < 4.78 is 11.6. The molecule has 0 aliphatic carbocycles. The van der Waals surface area contributed by atoms with E-state index in [1.165, 1.54) is 0 Å². The summed E-state index contributed by atoms with van der Waals surface area (Å²) in [6, 6.07) is 24.8. The topological polar surface area (TPSA) is 44.5 Å². The first-order valence-electron chi connectivity index (χ1n) is 12.3. The van der Waals surface area contributed by atoms with Crippen LogP contribution in [0.2, 0.25) is 0 Å². The molecule has 0 saturated heterocycles. The molecule has 0 aromatic heterocycles. The third-order valence-electron chi connectivity index (χ3n) is 5.96. The molecule has 182 valence electrons. The molecule has 3 heteroatoms. The van der Waals surface area contributed by atoms with Gasteiger partial charge in [-0.2, -0.15) is 0 Å². The molecule has 0 bridgehead atoms. The average Bonchev–Trinajstić information content (AvgIpc) is 2.90. The van der Waals surface area contributed by atoms with Crippen molar-refractivity contribution in [1.82, 2.24) is 0 Å². The van der Waals surface area contributed by atoms with Crippen molar-refractivity contribution in [2.24, 2.45) is 5.73 Å². The first-order chi connectivity index (χ1) is 17.6. The van der Waals surface area contributed by atoms with Gasteiger partial charge in [0, 0.05) is 17.3 Å². The molecule has 4 aromatic rings. The molecule has 0 radical (unpaired) electrons. The number of ether oxygens (including phenoxy) is 2. The van der Waals surface area contributed by atoms with Crippen molar-refractivity contribution in [2.75, 3.05) is 19.8 Å². The Kier molecular flexibility index (Phi) is 8.38. The number of allylic oxidation sites excluding steroid dienone is 4. The van der Waals surface area contributed by atoms with Crippen molar-refractivity contribution < 1.29 is 9.47 Å². The molecule has 36 heavy (non-hydrogen) atoms. The van der Waals surface area contributed by atoms with E-state index in [-0.39, 0.29) is 0 Å². The Morgan fingerprint density at radius 3 is 1.64 bits per heavy atom. The molecule has 4 aromatic carbocycles.